The van der Waals surface area contributed by atoms with Crippen LogP contribution in [-0.4, -0.2) is 43.9 Å². The van der Waals surface area contributed by atoms with Gasteiger partial charge in [0.1, 0.15) is 10.6 Å². The smallest absolute Gasteiger partial charge is 0.335 e. The first kappa shape index (κ1) is 17.4. The number of aliphatic hydroxyl groups excluding tert-OH is 1. The Balaban J connectivity index is 3.17. The van der Waals surface area contributed by atoms with E-state index in [4.69, 9.17) is 9.84 Å². The molecule has 0 aliphatic rings. The second kappa shape index (κ2) is 6.88. The number of benzene rings is 1. The van der Waals surface area contributed by atoms with E-state index in [1.165, 1.54) is 19.2 Å². The van der Waals surface area contributed by atoms with Gasteiger partial charge in [-0.1, -0.05) is 0 Å². The fourth-order valence-corrected chi connectivity index (χ4v) is 3.36. The van der Waals surface area contributed by atoms with Crippen molar-refractivity contribution in [2.45, 2.75) is 37.3 Å². The molecule has 118 valence electrons. The minimum absolute atomic E-state index is 0.0525. The van der Waals surface area contributed by atoms with E-state index in [9.17, 15) is 18.3 Å². The molecule has 2 unspecified atom stereocenters. The minimum atomic E-state index is -3.95. The SMILES string of the molecule is COc1ccc(C(=O)O)cc1S(=O)(=O)NC(C)CC(C)O. The Bertz CT molecular complexity index is 611. The van der Waals surface area contributed by atoms with Gasteiger partial charge in [-0.3, -0.25) is 0 Å². The average Bonchev–Trinajstić information content (AvgIpc) is 2.36. The molecule has 1 aromatic carbocycles. The van der Waals surface area contributed by atoms with Crippen LogP contribution in [0.5, 0.6) is 5.75 Å². The quantitative estimate of drug-likeness (QED) is 0.686. The molecule has 0 radical (unpaired) electrons. The van der Waals surface area contributed by atoms with Gasteiger partial charge < -0.3 is 14.9 Å². The fourth-order valence-electron chi connectivity index (χ4n) is 1.91. The first-order valence-corrected chi connectivity index (χ1v) is 7.77. The summed E-state index contributed by atoms with van der Waals surface area (Å²) < 4.78 is 32.0. The molecule has 1 aromatic rings. The Morgan fingerprint density at radius 1 is 1.38 bits per heavy atom. The molecule has 0 aliphatic carbocycles. The number of ether oxygens (including phenoxy) is 1. The zero-order valence-electron chi connectivity index (χ0n) is 12.0. The lowest BCUT2D eigenvalue weighted by Crippen LogP contribution is -2.35. The third-order valence-corrected chi connectivity index (χ3v) is 4.36. The van der Waals surface area contributed by atoms with E-state index in [0.717, 1.165) is 6.07 Å². The highest BCUT2D eigenvalue weighted by molar-refractivity contribution is 7.89. The Morgan fingerprint density at radius 3 is 2.48 bits per heavy atom. The number of hydrogen-bond acceptors (Lipinski definition) is 5. The van der Waals surface area contributed by atoms with Crippen LogP contribution in [0.2, 0.25) is 0 Å². The van der Waals surface area contributed by atoms with E-state index in [2.05, 4.69) is 4.72 Å². The van der Waals surface area contributed by atoms with Crippen LogP contribution in [0.1, 0.15) is 30.6 Å². The number of hydrogen-bond donors (Lipinski definition) is 3. The predicted molar refractivity (Wildman–Crippen MR) is 76.0 cm³/mol. The lowest BCUT2D eigenvalue weighted by molar-refractivity contribution is 0.0696. The topological polar surface area (TPSA) is 113 Å². The van der Waals surface area contributed by atoms with Crippen molar-refractivity contribution in [2.24, 2.45) is 0 Å². The molecular formula is C13H19NO6S. The zero-order chi connectivity index (χ0) is 16.2. The maximum atomic E-state index is 12.3. The number of carboxylic acids is 1. The van der Waals surface area contributed by atoms with E-state index < -0.39 is 28.1 Å². The molecule has 3 N–H and O–H groups in total. The molecule has 0 saturated carbocycles. The molecule has 1 rings (SSSR count). The van der Waals surface area contributed by atoms with Crippen molar-refractivity contribution in [3.05, 3.63) is 23.8 Å². The first-order valence-electron chi connectivity index (χ1n) is 6.29. The van der Waals surface area contributed by atoms with Gasteiger partial charge in [0.15, 0.2) is 0 Å². The Morgan fingerprint density at radius 2 is 2.00 bits per heavy atom. The maximum absolute atomic E-state index is 12.3. The van der Waals surface area contributed by atoms with Crippen LogP contribution in [0, 0.1) is 0 Å². The van der Waals surface area contributed by atoms with Crippen molar-refractivity contribution < 1.29 is 28.2 Å². The highest BCUT2D eigenvalue weighted by Gasteiger charge is 2.23. The van der Waals surface area contributed by atoms with Crippen LogP contribution in [0.15, 0.2) is 23.1 Å². The molecule has 8 heteroatoms. The largest absolute Gasteiger partial charge is 0.495 e. The third kappa shape index (κ3) is 4.69. The summed E-state index contributed by atoms with van der Waals surface area (Å²) in [4.78, 5) is 10.7. The Hall–Kier alpha value is -1.64. The molecule has 21 heavy (non-hydrogen) atoms. The van der Waals surface area contributed by atoms with Gasteiger partial charge in [0, 0.05) is 6.04 Å². The number of aliphatic hydroxyl groups is 1. The van der Waals surface area contributed by atoms with Crippen molar-refractivity contribution in [2.75, 3.05) is 7.11 Å². The molecule has 0 fully saturated rings. The summed E-state index contributed by atoms with van der Waals surface area (Å²) in [7, 11) is -2.65. The minimum Gasteiger partial charge on any atom is -0.495 e. The molecule has 0 amide bonds. The predicted octanol–water partition coefficient (Wildman–Crippen LogP) is 0.831. The van der Waals surface area contributed by atoms with Crippen molar-refractivity contribution in [1.82, 2.24) is 4.72 Å². The van der Waals surface area contributed by atoms with Crippen molar-refractivity contribution in [3.8, 4) is 5.75 Å². The Labute approximate surface area is 123 Å². The van der Waals surface area contributed by atoms with E-state index in [1.54, 1.807) is 13.8 Å². The van der Waals surface area contributed by atoms with Gasteiger partial charge in [-0.15, -0.1) is 0 Å². The number of rotatable bonds is 7. The monoisotopic (exact) mass is 317 g/mol. The number of carboxylic acid groups (broad SMARTS) is 1. The summed E-state index contributed by atoms with van der Waals surface area (Å²) in [6, 6.07) is 3.09. The number of sulfonamides is 1. The molecule has 7 nitrogen and oxygen atoms in total. The van der Waals surface area contributed by atoms with Crippen molar-refractivity contribution in [3.63, 3.8) is 0 Å². The third-order valence-electron chi connectivity index (χ3n) is 2.75. The van der Waals surface area contributed by atoms with Gasteiger partial charge in [-0.2, -0.15) is 0 Å². The van der Waals surface area contributed by atoms with Gasteiger partial charge in [0.25, 0.3) is 0 Å². The highest BCUT2D eigenvalue weighted by Crippen LogP contribution is 2.25. The van der Waals surface area contributed by atoms with E-state index in [-0.39, 0.29) is 22.6 Å². The Kier molecular flexibility index (Phi) is 5.70. The summed E-state index contributed by atoms with van der Waals surface area (Å²) in [6.07, 6.45) is -0.421. The maximum Gasteiger partial charge on any atom is 0.335 e. The standard InChI is InChI=1S/C13H19NO6S/c1-8(6-9(2)15)14-21(18,19)12-7-10(13(16)17)4-5-11(12)20-3/h4-5,7-9,14-15H,6H2,1-3H3,(H,16,17). The summed E-state index contributed by atoms with van der Waals surface area (Å²) in [5.74, 6) is -1.18. The van der Waals surface area contributed by atoms with Crippen LogP contribution in [0.4, 0.5) is 0 Å². The number of methoxy groups -OCH3 is 1. The van der Waals surface area contributed by atoms with E-state index in [0.29, 0.717) is 0 Å². The lowest BCUT2D eigenvalue weighted by Gasteiger charge is -2.17. The zero-order valence-corrected chi connectivity index (χ0v) is 12.8. The summed E-state index contributed by atoms with van der Waals surface area (Å²) in [5, 5.41) is 18.2. The van der Waals surface area contributed by atoms with Crippen LogP contribution in [0.3, 0.4) is 0 Å². The van der Waals surface area contributed by atoms with E-state index in [1.807, 2.05) is 0 Å². The van der Waals surface area contributed by atoms with E-state index >= 15 is 0 Å². The van der Waals surface area contributed by atoms with Crippen LogP contribution in [-0.2, 0) is 10.0 Å². The van der Waals surface area contributed by atoms with Crippen LogP contribution >= 0.6 is 0 Å². The molecule has 0 spiro atoms. The normalized spacial score (nSPS) is 14.5. The molecule has 2 atom stereocenters. The van der Waals surface area contributed by atoms with Gasteiger partial charge in [0.05, 0.1) is 18.8 Å². The van der Waals surface area contributed by atoms with Gasteiger partial charge in [-0.05, 0) is 38.5 Å². The van der Waals surface area contributed by atoms with Crippen LogP contribution in [0.25, 0.3) is 0 Å². The molecular weight excluding hydrogens is 298 g/mol. The second-order valence-electron chi connectivity index (χ2n) is 4.78. The number of carbonyl (C=O) groups is 1. The summed E-state index contributed by atoms with van der Waals surface area (Å²) in [5.41, 5.74) is -0.153. The van der Waals surface area contributed by atoms with Crippen molar-refractivity contribution in [1.29, 1.82) is 0 Å². The van der Waals surface area contributed by atoms with Gasteiger partial charge in [-0.25, -0.2) is 17.9 Å². The summed E-state index contributed by atoms with van der Waals surface area (Å²) >= 11 is 0. The first-order chi connectivity index (χ1) is 9.67. The van der Waals surface area contributed by atoms with Gasteiger partial charge >= 0.3 is 5.97 Å². The molecule has 0 heterocycles. The number of nitrogens with one attached hydrogen (secondary N) is 1. The number of aromatic carboxylic acids is 1. The highest BCUT2D eigenvalue weighted by atomic mass is 32.2. The molecule has 0 saturated heterocycles. The molecule has 0 aromatic heterocycles. The molecule has 0 bridgehead atoms. The fraction of sp³-hybridized carbons (Fsp3) is 0.462. The second-order valence-corrected chi connectivity index (χ2v) is 6.46. The van der Waals surface area contributed by atoms with Gasteiger partial charge in [0.2, 0.25) is 10.0 Å². The lowest BCUT2D eigenvalue weighted by atomic mass is 10.2. The van der Waals surface area contributed by atoms with Crippen LogP contribution < -0.4 is 9.46 Å². The average molecular weight is 317 g/mol. The molecule has 0 aliphatic heterocycles. The summed E-state index contributed by atoms with van der Waals surface area (Å²) in [6.45, 7) is 3.16. The van der Waals surface area contributed by atoms with Crippen molar-refractivity contribution >= 4 is 16.0 Å².